The third-order valence-corrected chi connectivity index (χ3v) is 3.29. The van der Waals surface area contributed by atoms with Crippen LogP contribution >= 0.6 is 0 Å². The lowest BCUT2D eigenvalue weighted by atomic mass is 10.1. The minimum absolute atomic E-state index is 0.0873. The Kier molecular flexibility index (Phi) is 3.68. The number of hydrogen-bond donors (Lipinski definition) is 0. The molecule has 0 aliphatic carbocycles. The molecule has 0 atom stereocenters. The molecular formula is C16H10FN3O3. The highest BCUT2D eigenvalue weighted by atomic mass is 19.1. The number of hydrogen-bond acceptors (Lipinski definition) is 4. The number of nitro benzene ring substituents is 1. The highest BCUT2D eigenvalue weighted by molar-refractivity contribution is 5.86. The summed E-state index contributed by atoms with van der Waals surface area (Å²) in [7, 11) is 0. The second kappa shape index (κ2) is 5.80. The van der Waals surface area contributed by atoms with Crippen molar-refractivity contribution in [3.8, 4) is 16.9 Å². The predicted molar refractivity (Wildman–Crippen MR) is 81.0 cm³/mol. The van der Waals surface area contributed by atoms with E-state index in [-0.39, 0.29) is 17.1 Å². The average Bonchev–Trinajstić information content (AvgIpc) is 3.00. The van der Waals surface area contributed by atoms with E-state index in [1.165, 1.54) is 53.3 Å². The van der Waals surface area contributed by atoms with E-state index in [0.29, 0.717) is 23.2 Å². The lowest BCUT2D eigenvalue weighted by Crippen LogP contribution is -1.95. The van der Waals surface area contributed by atoms with E-state index in [0.717, 1.165) is 0 Å². The van der Waals surface area contributed by atoms with Gasteiger partial charge in [0.15, 0.2) is 6.29 Å². The van der Waals surface area contributed by atoms with Crippen molar-refractivity contribution in [2.75, 3.05) is 0 Å². The molecule has 0 amide bonds. The molecule has 0 N–H and O–H groups in total. The molecule has 2 aromatic carbocycles. The molecule has 1 aromatic heterocycles. The molecule has 0 aliphatic rings. The van der Waals surface area contributed by atoms with Gasteiger partial charge in [0.1, 0.15) is 11.5 Å². The Morgan fingerprint density at radius 1 is 1.17 bits per heavy atom. The number of halogens is 1. The maximum atomic E-state index is 13.0. The summed E-state index contributed by atoms with van der Waals surface area (Å²) in [5.74, 6) is -0.379. The van der Waals surface area contributed by atoms with Crippen LogP contribution in [0.15, 0.2) is 54.7 Å². The Bertz CT molecular complexity index is 888. The largest absolute Gasteiger partial charge is 0.298 e. The maximum absolute atomic E-state index is 13.0. The number of aromatic nitrogens is 2. The van der Waals surface area contributed by atoms with E-state index in [2.05, 4.69) is 5.10 Å². The SMILES string of the molecule is O=Cc1cn(-c2ccc(F)cc2)nc1-c1cccc([N+](=O)[O-])c1. The second-order valence-electron chi connectivity index (χ2n) is 4.78. The molecule has 1 heterocycles. The highest BCUT2D eigenvalue weighted by Crippen LogP contribution is 2.26. The van der Waals surface area contributed by atoms with Gasteiger partial charge in [0.05, 0.1) is 16.2 Å². The molecule has 6 nitrogen and oxygen atoms in total. The molecule has 0 fully saturated rings. The van der Waals surface area contributed by atoms with Crippen LogP contribution in [-0.2, 0) is 0 Å². The maximum Gasteiger partial charge on any atom is 0.270 e. The van der Waals surface area contributed by atoms with Crippen molar-refractivity contribution in [1.82, 2.24) is 9.78 Å². The number of nitrogens with zero attached hydrogens (tertiary/aromatic N) is 3. The van der Waals surface area contributed by atoms with Gasteiger partial charge in [0.25, 0.3) is 5.69 Å². The van der Waals surface area contributed by atoms with Gasteiger partial charge in [0.2, 0.25) is 0 Å². The summed E-state index contributed by atoms with van der Waals surface area (Å²) >= 11 is 0. The van der Waals surface area contributed by atoms with E-state index in [1.54, 1.807) is 6.07 Å². The first-order valence-corrected chi connectivity index (χ1v) is 6.64. The zero-order valence-electron chi connectivity index (χ0n) is 11.7. The summed E-state index contributed by atoms with van der Waals surface area (Å²) < 4.78 is 14.4. The summed E-state index contributed by atoms with van der Waals surface area (Å²) in [6.45, 7) is 0. The highest BCUT2D eigenvalue weighted by Gasteiger charge is 2.14. The first-order chi connectivity index (χ1) is 11.1. The molecular weight excluding hydrogens is 301 g/mol. The molecule has 0 aliphatic heterocycles. The Morgan fingerprint density at radius 2 is 1.91 bits per heavy atom. The van der Waals surface area contributed by atoms with E-state index in [1.807, 2.05) is 0 Å². The van der Waals surface area contributed by atoms with Crippen molar-refractivity contribution in [3.05, 3.63) is 76.2 Å². The van der Waals surface area contributed by atoms with Crippen molar-refractivity contribution >= 4 is 12.0 Å². The molecule has 114 valence electrons. The third kappa shape index (κ3) is 2.84. The third-order valence-electron chi connectivity index (χ3n) is 3.29. The minimum Gasteiger partial charge on any atom is -0.298 e. The number of rotatable bonds is 4. The van der Waals surface area contributed by atoms with Crippen molar-refractivity contribution < 1.29 is 14.1 Å². The van der Waals surface area contributed by atoms with Crippen molar-refractivity contribution in [3.63, 3.8) is 0 Å². The number of non-ortho nitro benzene ring substituents is 1. The van der Waals surface area contributed by atoms with E-state index in [4.69, 9.17) is 0 Å². The number of aldehydes is 1. The smallest absolute Gasteiger partial charge is 0.270 e. The van der Waals surface area contributed by atoms with E-state index < -0.39 is 4.92 Å². The number of benzene rings is 2. The van der Waals surface area contributed by atoms with Crippen LogP contribution in [0.3, 0.4) is 0 Å². The van der Waals surface area contributed by atoms with E-state index in [9.17, 15) is 19.3 Å². The Labute approximate surface area is 129 Å². The lowest BCUT2D eigenvalue weighted by molar-refractivity contribution is -0.384. The molecule has 3 rings (SSSR count). The Balaban J connectivity index is 2.09. The van der Waals surface area contributed by atoms with Crippen LogP contribution < -0.4 is 0 Å². The summed E-state index contributed by atoms with van der Waals surface area (Å²) in [6.07, 6.45) is 2.12. The Morgan fingerprint density at radius 3 is 2.57 bits per heavy atom. The molecule has 0 saturated heterocycles. The van der Waals surface area contributed by atoms with Crippen molar-refractivity contribution in [2.24, 2.45) is 0 Å². The van der Waals surface area contributed by atoms with E-state index >= 15 is 0 Å². The molecule has 0 saturated carbocycles. The number of nitro groups is 1. The zero-order chi connectivity index (χ0) is 16.4. The molecule has 0 bridgehead atoms. The molecule has 0 unspecified atom stereocenters. The summed E-state index contributed by atoms with van der Waals surface area (Å²) in [6, 6.07) is 11.5. The first kappa shape index (κ1) is 14.6. The monoisotopic (exact) mass is 311 g/mol. The van der Waals surface area contributed by atoms with Crippen LogP contribution in [0.1, 0.15) is 10.4 Å². The lowest BCUT2D eigenvalue weighted by Gasteiger charge is -2.01. The summed E-state index contributed by atoms with van der Waals surface area (Å²) in [4.78, 5) is 21.6. The van der Waals surface area contributed by atoms with Crippen molar-refractivity contribution in [2.45, 2.75) is 0 Å². The van der Waals surface area contributed by atoms with Crippen LogP contribution in [0.4, 0.5) is 10.1 Å². The molecule has 7 heteroatoms. The van der Waals surface area contributed by atoms with Gasteiger partial charge in [-0.2, -0.15) is 5.10 Å². The summed E-state index contributed by atoms with van der Waals surface area (Å²) in [5, 5.41) is 15.2. The fraction of sp³-hybridized carbons (Fsp3) is 0. The quantitative estimate of drug-likeness (QED) is 0.420. The van der Waals surface area contributed by atoms with Gasteiger partial charge in [-0.25, -0.2) is 9.07 Å². The van der Waals surface area contributed by atoms with Crippen molar-refractivity contribution in [1.29, 1.82) is 0 Å². The molecule has 23 heavy (non-hydrogen) atoms. The van der Waals surface area contributed by atoms with Gasteiger partial charge in [0, 0.05) is 23.9 Å². The van der Waals surface area contributed by atoms with Crippen LogP contribution in [-0.4, -0.2) is 21.0 Å². The van der Waals surface area contributed by atoms with Gasteiger partial charge in [-0.3, -0.25) is 14.9 Å². The van der Waals surface area contributed by atoms with Gasteiger partial charge in [-0.1, -0.05) is 12.1 Å². The van der Waals surface area contributed by atoms with Gasteiger partial charge in [-0.15, -0.1) is 0 Å². The minimum atomic E-state index is -0.513. The molecule has 0 radical (unpaired) electrons. The van der Waals surface area contributed by atoms with Crippen LogP contribution in [0.2, 0.25) is 0 Å². The second-order valence-corrected chi connectivity index (χ2v) is 4.78. The Hall–Kier alpha value is -3.35. The van der Waals surface area contributed by atoms with Gasteiger partial charge in [-0.05, 0) is 24.3 Å². The normalized spacial score (nSPS) is 10.5. The standard InChI is InChI=1S/C16H10FN3O3/c17-13-4-6-14(7-5-13)19-9-12(10-21)16(18-19)11-2-1-3-15(8-11)20(22)23/h1-10H. The fourth-order valence-electron chi connectivity index (χ4n) is 2.19. The van der Waals surface area contributed by atoms with Crippen LogP contribution in [0.5, 0.6) is 0 Å². The first-order valence-electron chi connectivity index (χ1n) is 6.64. The molecule has 3 aromatic rings. The zero-order valence-corrected chi connectivity index (χ0v) is 11.7. The van der Waals surface area contributed by atoms with Gasteiger partial charge >= 0.3 is 0 Å². The fourth-order valence-corrected chi connectivity index (χ4v) is 2.19. The predicted octanol–water partition coefficient (Wildman–Crippen LogP) is 3.40. The van der Waals surface area contributed by atoms with Crippen LogP contribution in [0, 0.1) is 15.9 Å². The number of carbonyl (C=O) groups is 1. The molecule has 0 spiro atoms. The summed E-state index contributed by atoms with van der Waals surface area (Å²) in [5.41, 5.74) is 1.56. The topological polar surface area (TPSA) is 78.0 Å². The van der Waals surface area contributed by atoms with Gasteiger partial charge < -0.3 is 0 Å². The van der Waals surface area contributed by atoms with Crippen LogP contribution in [0.25, 0.3) is 16.9 Å². The number of carbonyl (C=O) groups excluding carboxylic acids is 1. The average molecular weight is 311 g/mol.